The fourth-order valence-corrected chi connectivity index (χ4v) is 2.23. The van der Waals surface area contributed by atoms with Crippen LogP contribution in [0.1, 0.15) is 11.3 Å². The zero-order valence-corrected chi connectivity index (χ0v) is 19.2. The molecule has 0 unspecified atom stereocenters. The molecule has 2 aromatic rings. The molecular weight excluding hydrogens is 467 g/mol. The molecule has 8 heteroatoms. The topological polar surface area (TPSA) is 72.9 Å². The lowest BCUT2D eigenvalue weighted by atomic mass is 10.2. The van der Waals surface area contributed by atoms with Crippen molar-refractivity contribution in [3.05, 3.63) is 59.8 Å². The van der Waals surface area contributed by atoms with Crippen LogP contribution in [0.4, 0.5) is 5.82 Å². The number of rotatable bonds is 7. The number of anilines is 1. The van der Waals surface area contributed by atoms with Gasteiger partial charge >= 0.3 is 0 Å². The van der Waals surface area contributed by atoms with Crippen LogP contribution in [0, 0.1) is 0 Å². The normalized spacial score (nSPS) is 10.6. The van der Waals surface area contributed by atoms with E-state index in [1.54, 1.807) is 19.0 Å². The maximum atomic E-state index is 11.9. The summed E-state index contributed by atoms with van der Waals surface area (Å²) in [6, 6.07) is 15.9. The number of aliphatic imine (C=N–C) groups is 1. The van der Waals surface area contributed by atoms with Crippen LogP contribution in [0.25, 0.3) is 0 Å². The number of guanidine groups is 1. The van der Waals surface area contributed by atoms with Crippen molar-refractivity contribution in [2.45, 2.75) is 13.1 Å². The first-order valence-electron chi connectivity index (χ1n) is 8.85. The molecule has 0 saturated heterocycles. The van der Waals surface area contributed by atoms with Gasteiger partial charge in [0.1, 0.15) is 5.82 Å². The number of hydrogen-bond donors (Lipinski definition) is 2. The van der Waals surface area contributed by atoms with Crippen molar-refractivity contribution in [3.63, 3.8) is 0 Å². The maximum absolute atomic E-state index is 11.9. The molecule has 2 N–H and O–H groups in total. The summed E-state index contributed by atoms with van der Waals surface area (Å²) >= 11 is 0. The van der Waals surface area contributed by atoms with E-state index >= 15 is 0 Å². The van der Waals surface area contributed by atoms with Gasteiger partial charge < -0.3 is 20.4 Å². The van der Waals surface area contributed by atoms with Crippen molar-refractivity contribution in [1.82, 2.24) is 20.5 Å². The largest absolute Gasteiger partial charge is 0.363 e. The van der Waals surface area contributed by atoms with E-state index in [9.17, 15) is 4.79 Å². The molecule has 0 atom stereocenters. The minimum atomic E-state index is -0.0167. The van der Waals surface area contributed by atoms with Crippen LogP contribution in [0.15, 0.2) is 53.5 Å². The van der Waals surface area contributed by atoms with Gasteiger partial charge in [-0.25, -0.2) is 9.98 Å². The Bertz CT molecular complexity index is 764. The number of carbonyl (C=O) groups excluding carboxylic acids is 1. The van der Waals surface area contributed by atoms with Crippen LogP contribution in [0.5, 0.6) is 0 Å². The Morgan fingerprint density at radius 3 is 2.36 bits per heavy atom. The van der Waals surface area contributed by atoms with Gasteiger partial charge in [-0.2, -0.15) is 0 Å². The van der Waals surface area contributed by atoms with E-state index in [-0.39, 0.29) is 36.4 Å². The zero-order valence-electron chi connectivity index (χ0n) is 16.8. The summed E-state index contributed by atoms with van der Waals surface area (Å²) in [4.78, 5) is 24.6. The summed E-state index contributed by atoms with van der Waals surface area (Å²) < 4.78 is 0. The minimum absolute atomic E-state index is 0. The maximum Gasteiger partial charge on any atom is 0.241 e. The molecule has 0 bridgehead atoms. The van der Waals surface area contributed by atoms with Gasteiger partial charge in [-0.15, -0.1) is 24.0 Å². The molecule has 1 amide bonds. The second-order valence-corrected chi connectivity index (χ2v) is 6.53. The van der Waals surface area contributed by atoms with E-state index in [0.717, 1.165) is 17.1 Å². The van der Waals surface area contributed by atoms with Crippen LogP contribution >= 0.6 is 24.0 Å². The van der Waals surface area contributed by atoms with Gasteiger partial charge in [-0.05, 0) is 17.7 Å². The van der Waals surface area contributed by atoms with Crippen LogP contribution in [-0.4, -0.2) is 56.5 Å². The number of amides is 1. The van der Waals surface area contributed by atoms with Gasteiger partial charge in [-0.3, -0.25) is 4.79 Å². The second-order valence-electron chi connectivity index (χ2n) is 6.53. The zero-order chi connectivity index (χ0) is 19.6. The highest BCUT2D eigenvalue weighted by Gasteiger charge is 2.07. The number of hydrogen-bond acceptors (Lipinski definition) is 4. The number of aromatic nitrogens is 1. The van der Waals surface area contributed by atoms with Crippen molar-refractivity contribution in [1.29, 1.82) is 0 Å². The summed E-state index contributed by atoms with van der Waals surface area (Å²) in [5.41, 5.74) is 2.00. The number of nitrogens with one attached hydrogen (secondary N) is 2. The molecule has 1 aromatic carbocycles. The van der Waals surface area contributed by atoms with Crippen molar-refractivity contribution in [2.75, 3.05) is 39.6 Å². The first kappa shape index (κ1) is 23.7. The molecular formula is C20H29IN6O. The first-order chi connectivity index (χ1) is 13.0. The third kappa shape index (κ3) is 8.12. The van der Waals surface area contributed by atoms with Gasteiger partial charge in [0.05, 0.1) is 25.3 Å². The molecule has 0 aliphatic rings. The van der Waals surface area contributed by atoms with Crippen LogP contribution < -0.4 is 15.5 Å². The fourth-order valence-electron chi connectivity index (χ4n) is 2.23. The Balaban J connectivity index is 0.00000392. The predicted octanol–water partition coefficient (Wildman–Crippen LogP) is 2.09. The molecule has 0 fully saturated rings. The van der Waals surface area contributed by atoms with E-state index in [1.807, 2.05) is 67.5 Å². The molecule has 1 heterocycles. The smallest absolute Gasteiger partial charge is 0.241 e. The Kier molecular flexibility index (Phi) is 10.3. The van der Waals surface area contributed by atoms with Crippen LogP contribution in [0.2, 0.25) is 0 Å². The Morgan fingerprint density at radius 1 is 1.00 bits per heavy atom. The monoisotopic (exact) mass is 496 g/mol. The summed E-state index contributed by atoms with van der Waals surface area (Å²) in [6.45, 7) is 1.22. The van der Waals surface area contributed by atoms with E-state index in [0.29, 0.717) is 19.0 Å². The lowest BCUT2D eigenvalue weighted by Gasteiger charge is -2.16. The number of likely N-dealkylation sites (N-methyl/N-ethyl adjacent to an activating group) is 1. The molecule has 152 valence electrons. The number of benzene rings is 1. The molecule has 0 saturated carbocycles. The summed E-state index contributed by atoms with van der Waals surface area (Å²) in [5.74, 6) is 1.45. The fraction of sp³-hybridized carbons (Fsp3) is 0.350. The van der Waals surface area contributed by atoms with E-state index in [1.165, 1.54) is 0 Å². The van der Waals surface area contributed by atoms with Gasteiger partial charge in [0.15, 0.2) is 5.96 Å². The molecule has 0 radical (unpaired) electrons. The molecule has 0 aliphatic carbocycles. The molecule has 0 aliphatic heterocycles. The van der Waals surface area contributed by atoms with E-state index in [2.05, 4.69) is 20.6 Å². The third-order valence-electron chi connectivity index (χ3n) is 3.86. The summed E-state index contributed by atoms with van der Waals surface area (Å²) in [6.07, 6.45) is 0. The first-order valence-corrected chi connectivity index (χ1v) is 8.85. The summed E-state index contributed by atoms with van der Waals surface area (Å²) in [7, 11) is 7.38. The number of pyridine rings is 1. The van der Waals surface area contributed by atoms with E-state index < -0.39 is 0 Å². The predicted molar refractivity (Wildman–Crippen MR) is 125 cm³/mol. The highest BCUT2D eigenvalue weighted by molar-refractivity contribution is 14.0. The number of halogens is 1. The molecule has 7 nitrogen and oxygen atoms in total. The quantitative estimate of drug-likeness (QED) is 0.349. The van der Waals surface area contributed by atoms with Gasteiger partial charge in [0.2, 0.25) is 5.91 Å². The van der Waals surface area contributed by atoms with Crippen LogP contribution in [-0.2, 0) is 17.9 Å². The molecule has 28 heavy (non-hydrogen) atoms. The van der Waals surface area contributed by atoms with Gasteiger partial charge in [-0.1, -0.05) is 36.4 Å². The third-order valence-corrected chi connectivity index (χ3v) is 3.86. The van der Waals surface area contributed by atoms with Gasteiger partial charge in [0.25, 0.3) is 0 Å². The second kappa shape index (κ2) is 12.2. The number of nitrogens with zero attached hydrogens (tertiary/aromatic N) is 4. The molecule has 0 spiro atoms. The summed E-state index contributed by atoms with van der Waals surface area (Å²) in [5, 5.41) is 6.34. The Morgan fingerprint density at radius 2 is 1.71 bits per heavy atom. The van der Waals surface area contributed by atoms with Crippen molar-refractivity contribution in [2.24, 2.45) is 4.99 Å². The molecule has 2 rings (SSSR count). The molecule has 1 aromatic heterocycles. The standard InChI is InChI=1S/C20H28N6O.HI/c1-25(2)18-12-8-11-17(24-18)14-22-20(23-15-19(27)26(3)4)21-13-16-9-6-5-7-10-16;/h5-12H,13-15H2,1-4H3,(H2,21,22,23);1H. The lowest BCUT2D eigenvalue weighted by molar-refractivity contribution is -0.127. The van der Waals surface area contributed by atoms with E-state index in [4.69, 9.17) is 0 Å². The van der Waals surface area contributed by atoms with Crippen LogP contribution in [0.3, 0.4) is 0 Å². The Labute approximate surface area is 184 Å². The SMILES string of the molecule is CN(C)C(=O)CNC(=NCc1ccccc1)NCc1cccc(N(C)C)n1.I. The lowest BCUT2D eigenvalue weighted by Crippen LogP contribution is -2.42. The minimum Gasteiger partial charge on any atom is -0.363 e. The van der Waals surface area contributed by atoms with Crippen molar-refractivity contribution < 1.29 is 4.79 Å². The highest BCUT2D eigenvalue weighted by Crippen LogP contribution is 2.07. The highest BCUT2D eigenvalue weighted by atomic mass is 127. The van der Waals surface area contributed by atoms with Crippen molar-refractivity contribution >= 4 is 41.7 Å². The Hall–Kier alpha value is -2.36. The number of carbonyl (C=O) groups is 1. The van der Waals surface area contributed by atoms with Crippen molar-refractivity contribution in [3.8, 4) is 0 Å². The average Bonchev–Trinajstić information content (AvgIpc) is 2.68. The average molecular weight is 496 g/mol. The van der Waals surface area contributed by atoms with Gasteiger partial charge in [0, 0.05) is 28.2 Å².